The van der Waals surface area contributed by atoms with Crippen molar-refractivity contribution in [1.82, 2.24) is 0 Å². The van der Waals surface area contributed by atoms with Crippen LogP contribution in [0.25, 0.3) is 0 Å². The Morgan fingerprint density at radius 3 is 2.00 bits per heavy atom. The first-order chi connectivity index (χ1) is 5.29. The Kier molecular flexibility index (Phi) is 4.74. The minimum absolute atomic E-state index is 0.790. The molecular formula is C10H13N. The quantitative estimate of drug-likeness (QED) is 0.467. The number of rotatable bonds is 4. The lowest BCUT2D eigenvalue weighted by molar-refractivity contribution is 1.52. The van der Waals surface area contributed by atoms with Crippen LogP contribution in [0, 0.1) is 5.41 Å². The summed E-state index contributed by atoms with van der Waals surface area (Å²) in [5.41, 5.74) is 1.72. The summed E-state index contributed by atoms with van der Waals surface area (Å²) in [7, 11) is 0. The van der Waals surface area contributed by atoms with Crippen molar-refractivity contribution >= 4 is 6.21 Å². The zero-order chi connectivity index (χ0) is 8.69. The smallest absolute Gasteiger partial charge is 0.0256 e. The van der Waals surface area contributed by atoms with Crippen molar-refractivity contribution in [3.63, 3.8) is 0 Å². The summed E-state index contributed by atoms with van der Waals surface area (Å²) >= 11 is 0. The van der Waals surface area contributed by atoms with Gasteiger partial charge in [0, 0.05) is 6.21 Å². The van der Waals surface area contributed by atoms with Crippen LogP contribution in [0.4, 0.5) is 0 Å². The van der Waals surface area contributed by atoms with Gasteiger partial charge in [0.05, 0.1) is 0 Å². The summed E-state index contributed by atoms with van der Waals surface area (Å²) in [6, 6.07) is 0. The van der Waals surface area contributed by atoms with Gasteiger partial charge < -0.3 is 5.41 Å². The van der Waals surface area contributed by atoms with Crippen molar-refractivity contribution in [3.8, 4) is 0 Å². The molecule has 0 spiro atoms. The van der Waals surface area contributed by atoms with Crippen molar-refractivity contribution in [2.24, 2.45) is 0 Å². The van der Waals surface area contributed by atoms with E-state index in [-0.39, 0.29) is 0 Å². The molecule has 0 saturated carbocycles. The molecule has 0 bridgehead atoms. The van der Waals surface area contributed by atoms with Gasteiger partial charge in [0.1, 0.15) is 0 Å². The molecule has 0 fully saturated rings. The Morgan fingerprint density at radius 2 is 1.73 bits per heavy atom. The molecule has 0 unspecified atom stereocenters. The maximum Gasteiger partial charge on any atom is 0.0256 e. The van der Waals surface area contributed by atoms with E-state index in [9.17, 15) is 0 Å². The van der Waals surface area contributed by atoms with Gasteiger partial charge in [-0.05, 0) is 18.1 Å². The molecule has 1 nitrogen and oxygen atoms in total. The second kappa shape index (κ2) is 5.42. The van der Waals surface area contributed by atoms with Crippen LogP contribution in [-0.4, -0.2) is 6.21 Å². The lowest BCUT2D eigenvalue weighted by Gasteiger charge is -1.96. The topological polar surface area (TPSA) is 23.9 Å². The highest BCUT2D eigenvalue weighted by Gasteiger charge is 1.90. The number of allylic oxidation sites excluding steroid dienone is 6. The van der Waals surface area contributed by atoms with Gasteiger partial charge >= 0.3 is 0 Å². The van der Waals surface area contributed by atoms with Gasteiger partial charge in [-0.3, -0.25) is 0 Å². The Bertz CT molecular complexity index is 209. The van der Waals surface area contributed by atoms with Crippen molar-refractivity contribution < 1.29 is 0 Å². The van der Waals surface area contributed by atoms with Gasteiger partial charge in [-0.1, -0.05) is 37.5 Å². The van der Waals surface area contributed by atoms with E-state index in [1.54, 1.807) is 12.2 Å². The maximum absolute atomic E-state index is 7.04. The van der Waals surface area contributed by atoms with Crippen molar-refractivity contribution in [2.45, 2.75) is 6.92 Å². The van der Waals surface area contributed by atoms with Crippen LogP contribution >= 0.6 is 0 Å². The lowest BCUT2D eigenvalue weighted by Crippen LogP contribution is -1.83. The van der Waals surface area contributed by atoms with Crippen LogP contribution in [-0.2, 0) is 0 Å². The summed E-state index contributed by atoms with van der Waals surface area (Å²) < 4.78 is 0. The normalized spacial score (nSPS) is 12.5. The Morgan fingerprint density at radius 1 is 1.18 bits per heavy atom. The van der Waals surface area contributed by atoms with Crippen molar-refractivity contribution in [3.05, 3.63) is 48.6 Å². The molecule has 1 N–H and O–H groups in total. The van der Waals surface area contributed by atoms with Crippen molar-refractivity contribution in [1.29, 1.82) is 5.41 Å². The van der Waals surface area contributed by atoms with Gasteiger partial charge in [0.25, 0.3) is 0 Å². The average Bonchev–Trinajstić information content (AvgIpc) is 2.05. The van der Waals surface area contributed by atoms with E-state index >= 15 is 0 Å². The Hall–Kier alpha value is -1.37. The number of nitrogens with one attached hydrogen (secondary N) is 1. The van der Waals surface area contributed by atoms with Gasteiger partial charge in [0.15, 0.2) is 0 Å². The largest absolute Gasteiger partial charge is 0.308 e. The minimum atomic E-state index is 0.790. The van der Waals surface area contributed by atoms with Gasteiger partial charge in [0.2, 0.25) is 0 Å². The fourth-order valence-corrected chi connectivity index (χ4v) is 0.722. The monoisotopic (exact) mass is 147 g/mol. The molecule has 0 amide bonds. The van der Waals surface area contributed by atoms with Crippen LogP contribution < -0.4 is 0 Å². The van der Waals surface area contributed by atoms with E-state index in [1.165, 1.54) is 6.21 Å². The Labute approximate surface area is 68.0 Å². The molecule has 0 saturated heterocycles. The zero-order valence-corrected chi connectivity index (χ0v) is 6.80. The molecule has 0 atom stereocenters. The number of hydrogen-bond acceptors (Lipinski definition) is 1. The molecule has 11 heavy (non-hydrogen) atoms. The predicted molar refractivity (Wildman–Crippen MR) is 51.0 cm³/mol. The number of hydrogen-bond donors (Lipinski definition) is 1. The molecule has 0 aliphatic carbocycles. The van der Waals surface area contributed by atoms with E-state index in [1.807, 2.05) is 19.1 Å². The molecule has 0 aromatic rings. The standard InChI is InChI=1S/C10H13N/c1-4-7-9(5-2)10(6-3)8-11/h4-8,11H,2-3H2,1H3/b7-4-,10-9+,11-8?. The third kappa shape index (κ3) is 2.80. The van der Waals surface area contributed by atoms with E-state index in [4.69, 9.17) is 5.41 Å². The van der Waals surface area contributed by atoms with E-state index in [0.717, 1.165) is 11.1 Å². The van der Waals surface area contributed by atoms with E-state index in [0.29, 0.717) is 0 Å². The molecule has 58 valence electrons. The fraction of sp³-hybridized carbons (Fsp3) is 0.100. The van der Waals surface area contributed by atoms with Crippen LogP contribution in [0.15, 0.2) is 48.6 Å². The average molecular weight is 147 g/mol. The summed E-state index contributed by atoms with van der Waals surface area (Å²) in [6.07, 6.45) is 8.43. The summed E-state index contributed by atoms with van der Waals surface area (Å²) in [4.78, 5) is 0. The maximum atomic E-state index is 7.04. The predicted octanol–water partition coefficient (Wildman–Crippen LogP) is 2.88. The van der Waals surface area contributed by atoms with Crippen LogP contribution in [0.1, 0.15) is 6.92 Å². The molecule has 0 heterocycles. The summed E-state index contributed by atoms with van der Waals surface area (Å²) in [5.74, 6) is 0. The van der Waals surface area contributed by atoms with Crippen LogP contribution in [0.3, 0.4) is 0 Å². The molecule has 0 rings (SSSR count). The first kappa shape index (κ1) is 9.63. The highest BCUT2D eigenvalue weighted by molar-refractivity contribution is 5.82. The van der Waals surface area contributed by atoms with Crippen molar-refractivity contribution in [2.75, 3.05) is 0 Å². The molecule has 0 aliphatic rings. The Balaban J connectivity index is 4.90. The lowest BCUT2D eigenvalue weighted by atomic mass is 10.1. The van der Waals surface area contributed by atoms with Gasteiger partial charge in [-0.15, -0.1) is 0 Å². The van der Waals surface area contributed by atoms with Gasteiger partial charge in [-0.25, -0.2) is 0 Å². The van der Waals surface area contributed by atoms with E-state index in [2.05, 4.69) is 13.2 Å². The third-order valence-corrected chi connectivity index (χ3v) is 1.27. The SMILES string of the molecule is C=C/C(C=N)=C(C=C)\C=C/C. The zero-order valence-electron chi connectivity index (χ0n) is 6.80. The summed E-state index contributed by atoms with van der Waals surface area (Å²) in [6.45, 7) is 9.15. The molecule has 0 aromatic carbocycles. The molecule has 0 aromatic heterocycles. The highest BCUT2D eigenvalue weighted by atomic mass is 14.3. The molecule has 0 aliphatic heterocycles. The molecule has 1 heteroatoms. The second-order valence-corrected chi connectivity index (χ2v) is 1.96. The first-order valence-corrected chi connectivity index (χ1v) is 3.42. The van der Waals surface area contributed by atoms with Crippen LogP contribution in [0.2, 0.25) is 0 Å². The highest BCUT2D eigenvalue weighted by Crippen LogP contribution is 2.05. The second-order valence-electron chi connectivity index (χ2n) is 1.96. The van der Waals surface area contributed by atoms with Crippen LogP contribution in [0.5, 0.6) is 0 Å². The first-order valence-electron chi connectivity index (χ1n) is 3.42. The van der Waals surface area contributed by atoms with E-state index < -0.39 is 0 Å². The van der Waals surface area contributed by atoms with Gasteiger partial charge in [-0.2, -0.15) is 0 Å². The molecule has 0 radical (unpaired) electrons. The minimum Gasteiger partial charge on any atom is -0.308 e. The molecular weight excluding hydrogens is 134 g/mol. The third-order valence-electron chi connectivity index (χ3n) is 1.27. The summed E-state index contributed by atoms with van der Waals surface area (Å²) in [5, 5.41) is 7.04. The fourth-order valence-electron chi connectivity index (χ4n) is 0.722.